The van der Waals surface area contributed by atoms with E-state index in [0.717, 1.165) is 44.9 Å². The predicted octanol–water partition coefficient (Wildman–Crippen LogP) is 6.95. The zero-order valence-corrected chi connectivity index (χ0v) is 21.3. The lowest BCUT2D eigenvalue weighted by atomic mass is 10.1. The smallest absolute Gasteiger partial charge is 0.303 e. The average Bonchev–Trinajstić information content (AvgIpc) is 2.73. The molecule has 0 amide bonds. The third-order valence-electron chi connectivity index (χ3n) is 5.02. The number of carbonyl (C=O) groups is 2. The van der Waals surface area contributed by atoms with Gasteiger partial charge in [-0.25, -0.2) is 0 Å². The van der Waals surface area contributed by atoms with Gasteiger partial charge in [-0.1, -0.05) is 90.9 Å². The maximum absolute atomic E-state index is 10.1. The molecule has 0 aliphatic rings. The van der Waals surface area contributed by atoms with Crippen LogP contribution >= 0.6 is 0 Å². The number of aliphatic carboxylic acids is 2. The molecule has 0 aromatic rings. The molecule has 0 saturated heterocycles. The Balaban J connectivity index is -0.000000404. The SMILES string of the molecule is CC(O)CCCCO.CCCCCCCCCC(=O)O.CCCCCCCCCC(=O)O. The summed E-state index contributed by atoms with van der Waals surface area (Å²) in [5, 5.41) is 33.7. The Bertz CT molecular complexity index is 343. The standard InChI is InChI=1S/2C10H20O2.C6H14O2/c2*1-2-3-4-5-6-7-8-9-10(11)12;1-6(8)4-2-3-5-7/h2*2-9H2,1H3,(H,11,12);6-8H,2-5H2,1H3. The van der Waals surface area contributed by atoms with Gasteiger partial charge in [-0.15, -0.1) is 0 Å². The van der Waals surface area contributed by atoms with Crippen molar-refractivity contribution in [3.63, 3.8) is 0 Å². The van der Waals surface area contributed by atoms with E-state index in [1.807, 2.05) is 0 Å². The molecule has 32 heavy (non-hydrogen) atoms. The molecule has 0 spiro atoms. The zero-order chi connectivity index (χ0) is 24.9. The van der Waals surface area contributed by atoms with E-state index in [9.17, 15) is 9.59 Å². The van der Waals surface area contributed by atoms with E-state index in [2.05, 4.69) is 13.8 Å². The Hall–Kier alpha value is -1.14. The highest BCUT2D eigenvalue weighted by atomic mass is 16.4. The van der Waals surface area contributed by atoms with Crippen LogP contribution in [-0.4, -0.2) is 45.1 Å². The maximum atomic E-state index is 10.1. The van der Waals surface area contributed by atoms with Crippen molar-refractivity contribution in [1.82, 2.24) is 0 Å². The van der Waals surface area contributed by atoms with Crippen LogP contribution in [0.15, 0.2) is 0 Å². The quantitative estimate of drug-likeness (QED) is 0.145. The Morgan fingerprint density at radius 1 is 0.594 bits per heavy atom. The summed E-state index contributed by atoms with van der Waals surface area (Å²) in [6.45, 7) is 6.40. The van der Waals surface area contributed by atoms with Crippen molar-refractivity contribution >= 4 is 11.9 Å². The lowest BCUT2D eigenvalue weighted by Gasteiger charge is -1.99. The van der Waals surface area contributed by atoms with Crippen LogP contribution < -0.4 is 0 Å². The fourth-order valence-corrected chi connectivity index (χ4v) is 3.02. The number of hydrogen-bond donors (Lipinski definition) is 4. The van der Waals surface area contributed by atoms with Gasteiger partial charge in [-0.2, -0.15) is 0 Å². The molecule has 6 nitrogen and oxygen atoms in total. The van der Waals surface area contributed by atoms with Crippen LogP contribution in [-0.2, 0) is 9.59 Å². The fourth-order valence-electron chi connectivity index (χ4n) is 3.02. The number of unbranched alkanes of at least 4 members (excludes halogenated alkanes) is 13. The first-order valence-corrected chi connectivity index (χ1v) is 13.0. The third-order valence-corrected chi connectivity index (χ3v) is 5.02. The number of hydrogen-bond acceptors (Lipinski definition) is 4. The van der Waals surface area contributed by atoms with Gasteiger partial charge in [0, 0.05) is 19.4 Å². The van der Waals surface area contributed by atoms with Crippen molar-refractivity contribution in [1.29, 1.82) is 0 Å². The van der Waals surface area contributed by atoms with Crippen molar-refractivity contribution in [2.75, 3.05) is 6.61 Å². The van der Waals surface area contributed by atoms with Gasteiger partial charge in [-0.3, -0.25) is 9.59 Å². The van der Waals surface area contributed by atoms with E-state index >= 15 is 0 Å². The summed E-state index contributed by atoms with van der Waals surface area (Å²) in [5.41, 5.74) is 0. The highest BCUT2D eigenvalue weighted by Crippen LogP contribution is 2.08. The molecule has 0 fully saturated rings. The summed E-state index contributed by atoms with van der Waals surface area (Å²) in [6, 6.07) is 0. The number of aliphatic hydroxyl groups is 2. The van der Waals surface area contributed by atoms with E-state index in [1.165, 1.54) is 64.2 Å². The molecular weight excluding hydrogens is 408 g/mol. The summed E-state index contributed by atoms with van der Waals surface area (Å²) >= 11 is 0. The minimum Gasteiger partial charge on any atom is -0.481 e. The van der Waals surface area contributed by atoms with E-state index in [1.54, 1.807) is 6.92 Å². The van der Waals surface area contributed by atoms with Gasteiger partial charge >= 0.3 is 11.9 Å². The second-order valence-electron chi connectivity index (χ2n) is 8.60. The molecule has 0 aromatic carbocycles. The first kappa shape index (κ1) is 35.4. The van der Waals surface area contributed by atoms with Crippen LogP contribution in [0, 0.1) is 0 Å². The molecule has 0 saturated carbocycles. The molecule has 6 heteroatoms. The molecule has 0 aromatic heterocycles. The molecule has 0 aliphatic heterocycles. The molecule has 0 aliphatic carbocycles. The minimum absolute atomic E-state index is 0.207. The predicted molar refractivity (Wildman–Crippen MR) is 133 cm³/mol. The number of rotatable bonds is 20. The second kappa shape index (κ2) is 32.0. The normalized spacial score (nSPS) is 11.0. The van der Waals surface area contributed by atoms with E-state index in [-0.39, 0.29) is 12.7 Å². The van der Waals surface area contributed by atoms with Crippen molar-refractivity contribution in [3.8, 4) is 0 Å². The minimum atomic E-state index is -0.663. The summed E-state index contributed by atoms with van der Waals surface area (Å²) in [5.74, 6) is -1.33. The van der Waals surface area contributed by atoms with Crippen LogP contribution in [0.1, 0.15) is 143 Å². The molecule has 0 bridgehead atoms. The van der Waals surface area contributed by atoms with Gasteiger partial charge in [0.15, 0.2) is 0 Å². The van der Waals surface area contributed by atoms with Crippen molar-refractivity contribution in [2.45, 2.75) is 149 Å². The Morgan fingerprint density at radius 2 is 0.938 bits per heavy atom. The van der Waals surface area contributed by atoms with E-state index in [4.69, 9.17) is 20.4 Å². The number of carboxylic acids is 2. The lowest BCUT2D eigenvalue weighted by molar-refractivity contribution is -0.138. The highest BCUT2D eigenvalue weighted by molar-refractivity contribution is 5.66. The van der Waals surface area contributed by atoms with E-state index in [0.29, 0.717) is 12.8 Å². The molecule has 0 radical (unpaired) electrons. The van der Waals surface area contributed by atoms with Crippen LogP contribution in [0.3, 0.4) is 0 Å². The van der Waals surface area contributed by atoms with Gasteiger partial charge in [-0.05, 0) is 39.0 Å². The molecule has 0 heterocycles. The van der Waals surface area contributed by atoms with Crippen LogP contribution in [0.5, 0.6) is 0 Å². The fraction of sp³-hybridized carbons (Fsp3) is 0.923. The first-order valence-electron chi connectivity index (χ1n) is 13.0. The second-order valence-corrected chi connectivity index (χ2v) is 8.60. The molecular formula is C26H54O6. The van der Waals surface area contributed by atoms with Gasteiger partial charge in [0.1, 0.15) is 0 Å². The summed E-state index contributed by atoms with van der Waals surface area (Å²) in [6.07, 6.45) is 19.6. The van der Waals surface area contributed by atoms with E-state index < -0.39 is 11.9 Å². The zero-order valence-electron chi connectivity index (χ0n) is 21.3. The van der Waals surface area contributed by atoms with Crippen molar-refractivity contribution in [2.24, 2.45) is 0 Å². The van der Waals surface area contributed by atoms with Crippen molar-refractivity contribution in [3.05, 3.63) is 0 Å². The largest absolute Gasteiger partial charge is 0.481 e. The average molecular weight is 463 g/mol. The lowest BCUT2D eigenvalue weighted by Crippen LogP contribution is -1.98. The molecule has 4 N–H and O–H groups in total. The van der Waals surface area contributed by atoms with Crippen LogP contribution in [0.2, 0.25) is 0 Å². The highest BCUT2D eigenvalue weighted by Gasteiger charge is 1.96. The molecule has 0 rings (SSSR count). The van der Waals surface area contributed by atoms with Gasteiger partial charge < -0.3 is 20.4 Å². The Kier molecular flexibility index (Phi) is 35.5. The van der Waals surface area contributed by atoms with Gasteiger partial charge in [0.05, 0.1) is 6.10 Å². The summed E-state index contributed by atoms with van der Waals surface area (Å²) < 4.78 is 0. The third kappa shape index (κ3) is 46.9. The summed E-state index contributed by atoms with van der Waals surface area (Å²) in [4.78, 5) is 20.3. The number of carboxylic acid groups (broad SMARTS) is 2. The Labute approximate surface area is 197 Å². The maximum Gasteiger partial charge on any atom is 0.303 e. The molecule has 1 unspecified atom stereocenters. The Morgan fingerprint density at radius 3 is 1.22 bits per heavy atom. The topological polar surface area (TPSA) is 115 Å². The summed E-state index contributed by atoms with van der Waals surface area (Å²) in [7, 11) is 0. The van der Waals surface area contributed by atoms with Crippen LogP contribution in [0.4, 0.5) is 0 Å². The van der Waals surface area contributed by atoms with Crippen molar-refractivity contribution < 1.29 is 30.0 Å². The monoisotopic (exact) mass is 462 g/mol. The number of aliphatic hydroxyl groups excluding tert-OH is 2. The van der Waals surface area contributed by atoms with Gasteiger partial charge in [0.2, 0.25) is 0 Å². The molecule has 194 valence electrons. The van der Waals surface area contributed by atoms with Crippen LogP contribution in [0.25, 0.3) is 0 Å². The molecule has 1 atom stereocenters. The first-order chi connectivity index (χ1) is 15.3. The van der Waals surface area contributed by atoms with Gasteiger partial charge in [0.25, 0.3) is 0 Å².